The molecule has 0 aliphatic heterocycles. The standard InChI is InChI=1S/2C30H39.C2H6Si.2ClH.Zr/c2*1-3-18-30(19-9-7-5-6-8-10-20-30)23-25-21-27-12-11-13-28(29(27)22-25)26-16-14-24(4-2)15-17-26;1-3-2;;;/h2*11-17,21-22H,3-10,18-20,23H2,1-2H3;1-2H3;2*1H;/q2*-1;;;;+2/p-2. The summed E-state index contributed by atoms with van der Waals surface area (Å²) in [4.78, 5) is 0. The quantitative estimate of drug-likeness (QED) is 0.0846. The van der Waals surface area contributed by atoms with Gasteiger partial charge in [0, 0.05) is 0 Å². The maximum absolute atomic E-state index is 2.52. The molecule has 4 heteroatoms. The first-order valence-corrected chi connectivity index (χ1v) is 32.4. The van der Waals surface area contributed by atoms with Crippen molar-refractivity contribution in [3.05, 3.63) is 131 Å². The number of halogens is 2. The van der Waals surface area contributed by atoms with Crippen LogP contribution in [0.4, 0.5) is 0 Å². The molecule has 2 saturated carbocycles. The third-order valence-electron chi connectivity index (χ3n) is 15.0. The van der Waals surface area contributed by atoms with E-state index >= 15 is 0 Å². The molecule has 0 radical (unpaired) electrons. The van der Waals surface area contributed by atoms with E-state index in [0.29, 0.717) is 10.8 Å². The van der Waals surface area contributed by atoms with Crippen LogP contribution < -0.4 is 24.8 Å². The Kier molecular flexibility index (Phi) is 24.8. The number of rotatable bonds is 12. The summed E-state index contributed by atoms with van der Waals surface area (Å²) in [7, 11) is 0. The summed E-state index contributed by atoms with van der Waals surface area (Å²) in [5.41, 5.74) is 12.7. The molecule has 0 aromatic heterocycles. The molecule has 2 aliphatic carbocycles. The van der Waals surface area contributed by atoms with Crippen LogP contribution in [0.15, 0.2) is 109 Å². The van der Waals surface area contributed by atoms with Crippen molar-refractivity contribution in [3.8, 4) is 22.3 Å². The van der Waals surface area contributed by atoms with Crippen molar-refractivity contribution in [2.24, 2.45) is 10.8 Å². The molecular weight excluding hydrogens is 935 g/mol. The van der Waals surface area contributed by atoms with E-state index in [4.69, 9.17) is 0 Å². The van der Waals surface area contributed by atoms with Crippen molar-refractivity contribution in [1.29, 1.82) is 0 Å². The summed E-state index contributed by atoms with van der Waals surface area (Å²) >= 11 is 1.74. The third kappa shape index (κ3) is 16.5. The van der Waals surface area contributed by atoms with Crippen LogP contribution in [0.3, 0.4) is 0 Å². The zero-order valence-corrected chi connectivity index (χ0v) is 47.1. The second-order valence-corrected chi connectivity index (χ2v) is 29.9. The van der Waals surface area contributed by atoms with Crippen LogP contribution in [-0.2, 0) is 49.0 Å². The van der Waals surface area contributed by atoms with E-state index in [9.17, 15) is 0 Å². The SMILES string of the molecule is CCCC1(Cc2cc3c(-c4ccc(CC)cc4)cccc3[cH-]2)CCCCCCCC1.CCCC1(Cc2cc3c(-c4ccc(CC)cc4)cccc3[cH-]2)CCCCCCCC1.C[Si](C)=[Zr+2].[Cl-].[Cl-]. The van der Waals surface area contributed by atoms with E-state index in [0.717, 1.165) is 12.8 Å². The van der Waals surface area contributed by atoms with Crippen LogP contribution in [0.1, 0.15) is 178 Å². The second kappa shape index (κ2) is 29.1. The summed E-state index contributed by atoms with van der Waals surface area (Å²) in [5.74, 6) is 0. The molecule has 0 nitrogen and oxygen atoms in total. The number of aryl methyl sites for hydroxylation is 2. The molecule has 0 amide bonds. The Labute approximate surface area is 431 Å². The molecule has 0 bridgehead atoms. The van der Waals surface area contributed by atoms with E-state index in [1.807, 2.05) is 0 Å². The molecule has 6 aromatic carbocycles. The maximum Gasteiger partial charge on any atom is -1.00 e. The van der Waals surface area contributed by atoms with E-state index in [-0.39, 0.29) is 30.2 Å². The van der Waals surface area contributed by atoms with Gasteiger partial charge in [-0.05, 0) is 97.3 Å². The molecular formula is C62H84Cl2SiZr-2. The predicted molar refractivity (Wildman–Crippen MR) is 282 cm³/mol. The smallest absolute Gasteiger partial charge is 1.00 e. The van der Waals surface area contributed by atoms with E-state index in [1.54, 1.807) is 34.5 Å². The van der Waals surface area contributed by atoms with Gasteiger partial charge >= 0.3 is 41.9 Å². The zero-order chi connectivity index (χ0) is 45.2. The molecule has 0 saturated heterocycles. The molecule has 0 atom stereocenters. The van der Waals surface area contributed by atoms with Gasteiger partial charge in [-0.15, -0.1) is 69.1 Å². The van der Waals surface area contributed by atoms with E-state index < -0.39 is 0 Å². The molecule has 66 heavy (non-hydrogen) atoms. The molecule has 2 aliphatic rings. The van der Waals surface area contributed by atoms with Crippen molar-refractivity contribution in [2.45, 2.75) is 195 Å². The number of fused-ring (bicyclic) bond motifs is 2. The fourth-order valence-electron chi connectivity index (χ4n) is 11.8. The Morgan fingerprint density at radius 2 is 0.788 bits per heavy atom. The topological polar surface area (TPSA) is 0 Å². The van der Waals surface area contributed by atoms with Crippen molar-refractivity contribution in [2.75, 3.05) is 0 Å². The molecule has 0 spiro atoms. The first-order valence-electron chi connectivity index (χ1n) is 26.3. The van der Waals surface area contributed by atoms with Gasteiger partial charge in [-0.2, -0.15) is 12.1 Å². The molecule has 2 fully saturated rings. The third-order valence-corrected chi connectivity index (χ3v) is 15.0. The molecule has 0 N–H and O–H groups in total. The van der Waals surface area contributed by atoms with Gasteiger partial charge in [0.05, 0.1) is 0 Å². The van der Waals surface area contributed by atoms with Gasteiger partial charge in [-0.1, -0.05) is 189 Å². The van der Waals surface area contributed by atoms with E-state index in [1.165, 1.54) is 196 Å². The Morgan fingerprint density at radius 1 is 0.470 bits per heavy atom. The fourth-order valence-corrected chi connectivity index (χ4v) is 11.8. The minimum atomic E-state index is 0. The van der Waals surface area contributed by atoms with Crippen LogP contribution in [0, 0.1) is 10.8 Å². The van der Waals surface area contributed by atoms with E-state index in [2.05, 4.69) is 150 Å². The summed E-state index contributed by atoms with van der Waals surface area (Å²) in [6, 6.07) is 42.0. The van der Waals surface area contributed by atoms with Crippen molar-refractivity contribution in [3.63, 3.8) is 0 Å². The summed E-state index contributed by atoms with van der Waals surface area (Å²) in [5, 5.41) is 5.70. The van der Waals surface area contributed by atoms with Gasteiger partial charge in [0.25, 0.3) is 0 Å². The summed E-state index contributed by atoms with van der Waals surface area (Å²) in [6.45, 7) is 13.8. The molecule has 0 heterocycles. The first-order chi connectivity index (χ1) is 31.2. The predicted octanol–water partition coefficient (Wildman–Crippen LogP) is 13.3. The zero-order valence-electron chi connectivity index (χ0n) is 42.1. The van der Waals surface area contributed by atoms with Gasteiger partial charge in [0.15, 0.2) is 0 Å². The van der Waals surface area contributed by atoms with Crippen molar-refractivity contribution in [1.82, 2.24) is 0 Å². The average molecular weight is 1020 g/mol. The fraction of sp³-hybridized carbons (Fsp3) is 0.516. The minimum absolute atomic E-state index is 0. The Morgan fingerprint density at radius 3 is 1.09 bits per heavy atom. The van der Waals surface area contributed by atoms with Crippen LogP contribution in [-0.4, -0.2) is 5.43 Å². The molecule has 6 aromatic rings. The van der Waals surface area contributed by atoms with Crippen molar-refractivity contribution >= 4 is 27.0 Å². The van der Waals surface area contributed by atoms with Gasteiger partial charge in [-0.3, -0.25) is 0 Å². The molecule has 8 rings (SSSR count). The van der Waals surface area contributed by atoms with Crippen LogP contribution in [0.2, 0.25) is 13.1 Å². The van der Waals surface area contributed by atoms with Gasteiger partial charge in [0.1, 0.15) is 0 Å². The number of benzene rings is 4. The van der Waals surface area contributed by atoms with Crippen LogP contribution in [0.25, 0.3) is 43.8 Å². The van der Waals surface area contributed by atoms with Gasteiger partial charge < -0.3 is 24.8 Å². The second-order valence-electron chi connectivity index (χ2n) is 20.5. The largest absolute Gasteiger partial charge is 1.00 e. The Bertz CT molecular complexity index is 2110. The normalized spacial score (nSPS) is 16.2. The average Bonchev–Trinajstić information content (AvgIpc) is 3.95. The molecule has 0 unspecified atom stereocenters. The van der Waals surface area contributed by atoms with Gasteiger partial charge in [0.2, 0.25) is 0 Å². The number of hydrogen-bond donors (Lipinski definition) is 0. The monoisotopic (exact) mass is 1020 g/mol. The summed E-state index contributed by atoms with van der Waals surface area (Å²) < 4.78 is 0. The Balaban J connectivity index is 0.000000260. The first kappa shape index (κ1) is 56.4. The Hall–Kier alpha value is -2.22. The van der Waals surface area contributed by atoms with Crippen LogP contribution >= 0.6 is 0 Å². The summed E-state index contributed by atoms with van der Waals surface area (Å²) in [6.07, 6.45) is 33.1. The van der Waals surface area contributed by atoms with Crippen molar-refractivity contribution < 1.29 is 48.1 Å². The minimum Gasteiger partial charge on any atom is -1.00 e. The van der Waals surface area contributed by atoms with Crippen LogP contribution in [0.5, 0.6) is 0 Å². The molecule has 356 valence electrons. The van der Waals surface area contributed by atoms with Gasteiger partial charge in [-0.25, -0.2) is 0 Å². The maximum atomic E-state index is 2.52. The number of hydrogen-bond acceptors (Lipinski definition) is 0.